The minimum Gasteiger partial charge on any atom is -1.00 e. The van der Waals surface area contributed by atoms with Crippen molar-refractivity contribution < 1.29 is 52.6 Å². The summed E-state index contributed by atoms with van der Waals surface area (Å²) in [4.78, 5) is 0. The fourth-order valence-corrected chi connectivity index (χ4v) is 1.66. The van der Waals surface area contributed by atoms with Crippen molar-refractivity contribution in [2.75, 3.05) is 32.9 Å². The molecule has 0 saturated carbocycles. The van der Waals surface area contributed by atoms with Crippen LogP contribution < -0.4 is 29.6 Å². The molecule has 80 valence electrons. The molecule has 0 amide bonds. The van der Waals surface area contributed by atoms with Crippen LogP contribution in [0.15, 0.2) is 0 Å². The van der Waals surface area contributed by atoms with Crippen LogP contribution in [0.3, 0.4) is 0 Å². The molecule has 0 aliphatic carbocycles. The molecule has 0 N–H and O–H groups in total. The third-order valence-electron chi connectivity index (χ3n) is 1.43. The average Bonchev–Trinajstić information content (AvgIpc) is 2.04. The fraction of sp³-hybridized carbons (Fsp3) is 1.00. The van der Waals surface area contributed by atoms with Gasteiger partial charge in [0.25, 0.3) is 0 Å². The Bertz CT molecular complexity index is 244. The van der Waals surface area contributed by atoms with Gasteiger partial charge in [-0.1, -0.05) is 0 Å². The summed E-state index contributed by atoms with van der Waals surface area (Å²) in [5.41, 5.74) is 0. The van der Waals surface area contributed by atoms with Crippen LogP contribution in [0.25, 0.3) is 0 Å². The van der Waals surface area contributed by atoms with E-state index >= 15 is 0 Å². The zero-order valence-electron chi connectivity index (χ0n) is 9.43. The van der Waals surface area contributed by atoms with E-state index in [0.717, 1.165) is 0 Å². The number of ether oxygens (including phenoxy) is 1. The van der Waals surface area contributed by atoms with E-state index in [0.29, 0.717) is 26.3 Å². The van der Waals surface area contributed by atoms with E-state index in [1.165, 1.54) is 5.06 Å². The second-order valence-corrected chi connectivity index (χ2v) is 3.63. The van der Waals surface area contributed by atoms with Crippen LogP contribution in [0.2, 0.25) is 0 Å². The standard InChI is InChI=1S/C6H13NO5S.Na.H/c1-2-11-13(8,9)12-7-3-5-10-6-4-7;;/h2-6H2,1H3;;/q;+1;-1. The summed E-state index contributed by atoms with van der Waals surface area (Å²) in [6.07, 6.45) is 0. The fourth-order valence-electron chi connectivity index (χ4n) is 0.916. The van der Waals surface area contributed by atoms with E-state index < -0.39 is 10.4 Å². The summed E-state index contributed by atoms with van der Waals surface area (Å²) in [5.74, 6) is 0. The first-order chi connectivity index (χ1) is 6.14. The van der Waals surface area contributed by atoms with Crippen LogP contribution in [-0.4, -0.2) is 46.4 Å². The van der Waals surface area contributed by atoms with Crippen LogP contribution in [0.1, 0.15) is 8.35 Å². The molecule has 14 heavy (non-hydrogen) atoms. The molecule has 0 unspecified atom stereocenters. The quantitative estimate of drug-likeness (QED) is 0.474. The Labute approximate surface area is 108 Å². The minimum atomic E-state index is -3.86. The second-order valence-electron chi connectivity index (χ2n) is 2.43. The molecular formula is C6H14NNaO5S. The first kappa shape index (κ1) is 14.8. The van der Waals surface area contributed by atoms with Crippen LogP contribution in [0, 0.1) is 0 Å². The predicted octanol–water partition coefficient (Wildman–Crippen LogP) is -3.35. The van der Waals surface area contributed by atoms with Crippen molar-refractivity contribution in [2.24, 2.45) is 0 Å². The van der Waals surface area contributed by atoms with Crippen molar-refractivity contribution >= 4 is 10.4 Å². The van der Waals surface area contributed by atoms with Gasteiger partial charge in [-0.05, 0) is 6.92 Å². The third kappa shape index (κ3) is 5.62. The van der Waals surface area contributed by atoms with Crippen molar-refractivity contribution in [1.29, 1.82) is 0 Å². The molecule has 0 aromatic carbocycles. The van der Waals surface area contributed by atoms with Crippen molar-refractivity contribution in [2.45, 2.75) is 6.92 Å². The molecule has 1 rings (SSSR count). The first-order valence-electron chi connectivity index (χ1n) is 4.05. The molecule has 1 fully saturated rings. The van der Waals surface area contributed by atoms with E-state index in [2.05, 4.69) is 8.47 Å². The van der Waals surface area contributed by atoms with E-state index in [9.17, 15) is 8.42 Å². The molecule has 8 heteroatoms. The number of morpholine rings is 1. The molecule has 0 aromatic heterocycles. The molecule has 1 aliphatic heterocycles. The molecule has 0 spiro atoms. The van der Waals surface area contributed by atoms with Gasteiger partial charge in [-0.25, -0.2) is 4.18 Å². The molecule has 6 nitrogen and oxygen atoms in total. The van der Waals surface area contributed by atoms with Crippen LogP contribution >= 0.6 is 0 Å². The Morgan fingerprint density at radius 2 is 2.00 bits per heavy atom. The Morgan fingerprint density at radius 3 is 2.50 bits per heavy atom. The third-order valence-corrected chi connectivity index (χ3v) is 2.35. The van der Waals surface area contributed by atoms with Crippen LogP contribution in [-0.2, 0) is 23.6 Å². The number of hydroxylamine groups is 2. The Hall–Kier alpha value is 0.790. The molecule has 1 saturated heterocycles. The van der Waals surface area contributed by atoms with Gasteiger partial charge in [-0.3, -0.25) is 0 Å². The Balaban J connectivity index is 0. The topological polar surface area (TPSA) is 65.1 Å². The maximum atomic E-state index is 11.0. The monoisotopic (exact) mass is 235 g/mol. The minimum absolute atomic E-state index is 0. The Kier molecular flexibility index (Phi) is 7.53. The second kappa shape index (κ2) is 7.13. The molecule has 0 atom stereocenters. The van der Waals surface area contributed by atoms with Crippen LogP contribution in [0.4, 0.5) is 0 Å². The normalized spacial score (nSPS) is 18.9. The predicted molar refractivity (Wildman–Crippen MR) is 45.1 cm³/mol. The average molecular weight is 235 g/mol. The van der Waals surface area contributed by atoms with Gasteiger partial charge in [-0.15, -0.1) is 0 Å². The zero-order chi connectivity index (χ0) is 9.73. The van der Waals surface area contributed by atoms with E-state index in [-0.39, 0.29) is 37.6 Å². The van der Waals surface area contributed by atoms with Gasteiger partial charge in [0.05, 0.1) is 19.8 Å². The van der Waals surface area contributed by atoms with Crippen molar-refractivity contribution in [3.63, 3.8) is 0 Å². The van der Waals surface area contributed by atoms with Gasteiger partial charge in [0, 0.05) is 13.1 Å². The summed E-state index contributed by atoms with van der Waals surface area (Å²) < 4.78 is 36.0. The van der Waals surface area contributed by atoms with E-state index in [4.69, 9.17) is 4.74 Å². The smallest absolute Gasteiger partial charge is 1.00 e. The Morgan fingerprint density at radius 1 is 1.43 bits per heavy atom. The maximum absolute atomic E-state index is 11.0. The van der Waals surface area contributed by atoms with Crippen molar-refractivity contribution in [3.8, 4) is 0 Å². The van der Waals surface area contributed by atoms with Crippen LogP contribution in [0.5, 0.6) is 0 Å². The van der Waals surface area contributed by atoms with Crippen molar-refractivity contribution in [1.82, 2.24) is 5.06 Å². The molecule has 1 heterocycles. The number of nitrogens with zero attached hydrogens (tertiary/aromatic N) is 1. The van der Waals surface area contributed by atoms with Gasteiger partial charge >= 0.3 is 40.0 Å². The van der Waals surface area contributed by atoms with Gasteiger partial charge in [0.2, 0.25) is 0 Å². The number of hydrogen-bond donors (Lipinski definition) is 0. The molecule has 0 bridgehead atoms. The SMILES string of the molecule is CCOS(=O)(=O)ON1CCOCC1.[H-].[Na+]. The first-order valence-corrected chi connectivity index (χ1v) is 5.39. The number of rotatable bonds is 4. The summed E-state index contributed by atoms with van der Waals surface area (Å²) in [7, 11) is -3.86. The van der Waals surface area contributed by atoms with Gasteiger partial charge < -0.3 is 6.16 Å². The molecule has 1 aliphatic rings. The van der Waals surface area contributed by atoms with Crippen molar-refractivity contribution in [3.05, 3.63) is 0 Å². The van der Waals surface area contributed by atoms with Gasteiger partial charge in [-0.2, -0.15) is 17.8 Å². The largest absolute Gasteiger partial charge is 1.00 e. The van der Waals surface area contributed by atoms with Gasteiger partial charge in [0.1, 0.15) is 0 Å². The molecule has 0 radical (unpaired) electrons. The summed E-state index contributed by atoms with van der Waals surface area (Å²) >= 11 is 0. The summed E-state index contributed by atoms with van der Waals surface area (Å²) in [5, 5.41) is 1.31. The van der Waals surface area contributed by atoms with E-state index in [1.807, 2.05) is 0 Å². The molecule has 0 aromatic rings. The maximum Gasteiger partial charge on any atom is 1.00 e. The molecular weight excluding hydrogens is 221 g/mol. The summed E-state index contributed by atoms with van der Waals surface area (Å²) in [6, 6.07) is 0. The van der Waals surface area contributed by atoms with Gasteiger partial charge in [0.15, 0.2) is 0 Å². The van der Waals surface area contributed by atoms with E-state index in [1.54, 1.807) is 6.92 Å². The summed E-state index contributed by atoms with van der Waals surface area (Å²) in [6.45, 7) is 3.48. The zero-order valence-corrected chi connectivity index (χ0v) is 11.2. The number of hydrogen-bond acceptors (Lipinski definition) is 6.